The van der Waals surface area contributed by atoms with E-state index in [4.69, 9.17) is 0 Å². The Bertz CT molecular complexity index is 1060. The van der Waals surface area contributed by atoms with Crippen LogP contribution in [0, 0.1) is 0 Å². The van der Waals surface area contributed by atoms with Crippen molar-refractivity contribution in [2.45, 2.75) is 40.0 Å². The van der Waals surface area contributed by atoms with Gasteiger partial charge in [0.1, 0.15) is 11.5 Å². The Labute approximate surface area is 184 Å². The molecule has 0 saturated heterocycles. The average Bonchev–Trinajstić information content (AvgIpc) is 2.83. The van der Waals surface area contributed by atoms with E-state index < -0.39 is 0 Å². The minimum Gasteiger partial charge on any atom is -0.338 e. The third kappa shape index (κ3) is 5.51. The molecule has 0 unspecified atom stereocenters. The smallest absolute Gasteiger partial charge is 0.131 e. The highest BCUT2D eigenvalue weighted by Gasteiger charge is 2.08. The third-order valence-electron chi connectivity index (χ3n) is 5.14. The second kappa shape index (κ2) is 11.0. The molecule has 158 valence electrons. The summed E-state index contributed by atoms with van der Waals surface area (Å²) in [5.74, 6) is 0.588. The first kappa shape index (κ1) is 22.1. The lowest BCUT2D eigenvalue weighted by Gasteiger charge is -2.12. The largest absolute Gasteiger partial charge is 0.338 e. The summed E-state index contributed by atoms with van der Waals surface area (Å²) >= 11 is 0. The van der Waals surface area contributed by atoms with Crippen molar-refractivity contribution in [3.05, 3.63) is 83.4 Å². The zero-order valence-electron chi connectivity index (χ0n) is 18.5. The standard InChI is InChI=1S/C26H29N5/c1-5-19-17-21(18-20(6-2)22(19)7-3)28-16-13-25(27-4)31-24-12-10-15-30-26(24)23-11-8-9-14-29-23/h8-18,31H,4-7H2,1-3H3/b25-13+,28-16-. The predicted octanol–water partition coefficient (Wildman–Crippen LogP) is 6.19. The van der Waals surface area contributed by atoms with Gasteiger partial charge < -0.3 is 5.32 Å². The van der Waals surface area contributed by atoms with Crippen LogP contribution >= 0.6 is 0 Å². The van der Waals surface area contributed by atoms with Gasteiger partial charge in [0.15, 0.2) is 0 Å². The SMILES string of the molecule is C=N/C(=C\C=N/c1cc(CC)c(CC)c(CC)c1)Nc1cccnc1-c1ccccn1. The average molecular weight is 412 g/mol. The molecule has 0 aliphatic heterocycles. The molecular weight excluding hydrogens is 382 g/mol. The Morgan fingerprint density at radius 3 is 2.32 bits per heavy atom. The van der Waals surface area contributed by atoms with Crippen molar-refractivity contribution in [2.75, 3.05) is 5.32 Å². The Morgan fingerprint density at radius 2 is 1.71 bits per heavy atom. The molecule has 0 amide bonds. The molecule has 2 aromatic heterocycles. The van der Waals surface area contributed by atoms with Crippen LogP contribution < -0.4 is 5.32 Å². The molecule has 31 heavy (non-hydrogen) atoms. The predicted molar refractivity (Wildman–Crippen MR) is 131 cm³/mol. The van der Waals surface area contributed by atoms with Crippen molar-refractivity contribution in [1.82, 2.24) is 9.97 Å². The van der Waals surface area contributed by atoms with Crippen molar-refractivity contribution in [1.29, 1.82) is 0 Å². The van der Waals surface area contributed by atoms with Gasteiger partial charge in [-0.15, -0.1) is 0 Å². The van der Waals surface area contributed by atoms with Gasteiger partial charge in [-0.25, -0.2) is 4.99 Å². The molecule has 0 radical (unpaired) electrons. The zero-order chi connectivity index (χ0) is 22.1. The molecule has 0 saturated carbocycles. The molecule has 0 aliphatic carbocycles. The van der Waals surface area contributed by atoms with Crippen molar-refractivity contribution < 1.29 is 0 Å². The van der Waals surface area contributed by atoms with Crippen LogP contribution in [0.3, 0.4) is 0 Å². The number of aromatic nitrogens is 2. The summed E-state index contributed by atoms with van der Waals surface area (Å²) in [7, 11) is 0. The van der Waals surface area contributed by atoms with Crippen LogP contribution in [0.25, 0.3) is 11.4 Å². The molecule has 0 bridgehead atoms. The number of allylic oxidation sites excluding steroid dienone is 1. The molecule has 0 atom stereocenters. The second-order valence-corrected chi connectivity index (χ2v) is 7.03. The summed E-state index contributed by atoms with van der Waals surface area (Å²) in [6.45, 7) is 10.3. The van der Waals surface area contributed by atoms with E-state index in [1.165, 1.54) is 16.7 Å². The first-order chi connectivity index (χ1) is 15.2. The van der Waals surface area contributed by atoms with E-state index in [2.05, 4.69) is 64.9 Å². The number of nitrogens with zero attached hydrogens (tertiary/aromatic N) is 4. The summed E-state index contributed by atoms with van der Waals surface area (Å²) in [6, 6.07) is 13.9. The fraction of sp³-hybridized carbons (Fsp3) is 0.231. The number of anilines is 1. The van der Waals surface area contributed by atoms with Crippen molar-refractivity contribution in [3.63, 3.8) is 0 Å². The molecule has 5 heteroatoms. The summed E-state index contributed by atoms with van der Waals surface area (Å²) in [4.78, 5) is 17.6. The third-order valence-corrected chi connectivity index (χ3v) is 5.14. The molecule has 3 rings (SSSR count). The summed E-state index contributed by atoms with van der Waals surface area (Å²) in [5, 5.41) is 3.28. The van der Waals surface area contributed by atoms with Crippen LogP contribution in [-0.2, 0) is 19.3 Å². The number of pyridine rings is 2. The fourth-order valence-corrected chi connectivity index (χ4v) is 3.62. The van der Waals surface area contributed by atoms with Crippen molar-refractivity contribution in [3.8, 4) is 11.4 Å². The highest BCUT2D eigenvalue weighted by molar-refractivity contribution is 5.79. The van der Waals surface area contributed by atoms with Gasteiger partial charge in [0, 0.05) is 18.6 Å². The molecule has 5 nitrogen and oxygen atoms in total. The molecule has 0 fully saturated rings. The van der Waals surface area contributed by atoms with Gasteiger partial charge in [-0.1, -0.05) is 26.8 Å². The van der Waals surface area contributed by atoms with Gasteiger partial charge in [0.05, 0.1) is 17.1 Å². The van der Waals surface area contributed by atoms with Gasteiger partial charge in [0.25, 0.3) is 0 Å². The van der Waals surface area contributed by atoms with Crippen LogP contribution in [0.5, 0.6) is 0 Å². The lowest BCUT2D eigenvalue weighted by molar-refractivity contribution is 0.981. The number of hydrogen-bond acceptors (Lipinski definition) is 5. The number of aliphatic imine (C=N–C) groups is 2. The maximum Gasteiger partial charge on any atom is 0.131 e. The molecule has 2 heterocycles. The highest BCUT2D eigenvalue weighted by atomic mass is 15.0. The molecule has 1 N–H and O–H groups in total. The highest BCUT2D eigenvalue weighted by Crippen LogP contribution is 2.26. The maximum atomic E-state index is 4.65. The molecule has 3 aromatic rings. The maximum absolute atomic E-state index is 4.65. The van der Waals surface area contributed by atoms with E-state index >= 15 is 0 Å². The van der Waals surface area contributed by atoms with E-state index in [1.54, 1.807) is 18.6 Å². The van der Waals surface area contributed by atoms with E-state index in [0.29, 0.717) is 5.82 Å². The number of benzene rings is 1. The van der Waals surface area contributed by atoms with Crippen molar-refractivity contribution in [2.24, 2.45) is 9.98 Å². The van der Waals surface area contributed by atoms with Crippen LogP contribution in [0.15, 0.2) is 76.7 Å². The van der Waals surface area contributed by atoms with E-state index in [-0.39, 0.29) is 0 Å². The molecule has 0 aliphatic rings. The van der Waals surface area contributed by atoms with Crippen LogP contribution in [-0.4, -0.2) is 22.9 Å². The quantitative estimate of drug-likeness (QED) is 0.427. The van der Waals surface area contributed by atoms with Gasteiger partial charge in [-0.3, -0.25) is 15.0 Å². The minimum atomic E-state index is 0.588. The molecule has 1 aromatic carbocycles. The summed E-state index contributed by atoms with van der Waals surface area (Å²) < 4.78 is 0. The Balaban J connectivity index is 1.85. The lowest BCUT2D eigenvalue weighted by Crippen LogP contribution is -2.01. The summed E-state index contributed by atoms with van der Waals surface area (Å²) in [5.41, 5.74) is 7.50. The van der Waals surface area contributed by atoms with E-state index in [9.17, 15) is 0 Å². The summed E-state index contributed by atoms with van der Waals surface area (Å²) in [6.07, 6.45) is 10.1. The van der Waals surface area contributed by atoms with Gasteiger partial charge in [-0.2, -0.15) is 0 Å². The van der Waals surface area contributed by atoms with Crippen LogP contribution in [0.4, 0.5) is 11.4 Å². The Morgan fingerprint density at radius 1 is 0.968 bits per heavy atom. The van der Waals surface area contributed by atoms with E-state index in [1.807, 2.05) is 36.4 Å². The minimum absolute atomic E-state index is 0.588. The first-order valence-electron chi connectivity index (χ1n) is 10.7. The van der Waals surface area contributed by atoms with E-state index in [0.717, 1.165) is 42.0 Å². The van der Waals surface area contributed by atoms with Crippen LogP contribution in [0.2, 0.25) is 0 Å². The first-order valence-corrected chi connectivity index (χ1v) is 10.7. The van der Waals surface area contributed by atoms with Gasteiger partial charge >= 0.3 is 0 Å². The Hall–Kier alpha value is -3.60. The molecule has 0 spiro atoms. The normalized spacial score (nSPS) is 11.6. The van der Waals surface area contributed by atoms with Crippen LogP contribution in [0.1, 0.15) is 37.5 Å². The topological polar surface area (TPSA) is 62.5 Å². The second-order valence-electron chi connectivity index (χ2n) is 7.03. The number of hydrogen-bond donors (Lipinski definition) is 1. The van der Waals surface area contributed by atoms with Gasteiger partial charge in [-0.05, 0) is 85.1 Å². The number of nitrogens with one attached hydrogen (secondary N) is 1. The fourth-order valence-electron chi connectivity index (χ4n) is 3.62. The molecular formula is C26H29N5. The van der Waals surface area contributed by atoms with Gasteiger partial charge in [0.2, 0.25) is 0 Å². The monoisotopic (exact) mass is 411 g/mol. The van der Waals surface area contributed by atoms with Crippen molar-refractivity contribution >= 4 is 24.3 Å². The number of rotatable bonds is 9. The zero-order valence-corrected chi connectivity index (χ0v) is 18.5. The Kier molecular flexibility index (Phi) is 7.82. The number of aryl methyl sites for hydroxylation is 2. The lowest BCUT2D eigenvalue weighted by atomic mass is 9.95.